The van der Waals surface area contributed by atoms with E-state index in [0.29, 0.717) is 11.4 Å². The number of carboxylic acids is 1. The number of imidazole rings is 2. The van der Waals surface area contributed by atoms with Gasteiger partial charge in [0.05, 0.1) is 25.2 Å². The van der Waals surface area contributed by atoms with Crippen molar-refractivity contribution in [2.24, 2.45) is 5.73 Å². The van der Waals surface area contributed by atoms with E-state index in [1.54, 1.807) is 36.5 Å². The monoisotopic (exact) mass is 496 g/mol. The molecule has 0 fully saturated rings. The molecule has 2 aromatic heterocycles. The highest BCUT2D eigenvalue weighted by atomic mass is 16.4. The van der Waals surface area contributed by atoms with Crippen molar-refractivity contribution in [3.8, 4) is 0 Å². The van der Waals surface area contributed by atoms with E-state index >= 15 is 0 Å². The molecule has 3 atom stereocenters. The number of nitrogens with two attached hydrogens (primary N) is 1. The van der Waals surface area contributed by atoms with Gasteiger partial charge in [0.1, 0.15) is 12.1 Å². The summed E-state index contributed by atoms with van der Waals surface area (Å²) < 4.78 is 0. The van der Waals surface area contributed by atoms with Crippen LogP contribution in [0.1, 0.15) is 17.0 Å². The molecule has 0 aliphatic carbocycles. The number of carboxylic acid groups (broad SMARTS) is 1. The van der Waals surface area contributed by atoms with Crippen LogP contribution in [0, 0.1) is 0 Å². The van der Waals surface area contributed by atoms with E-state index in [9.17, 15) is 24.3 Å². The molecule has 0 saturated heterocycles. The summed E-state index contributed by atoms with van der Waals surface area (Å²) >= 11 is 0. The number of nitrogens with zero attached hydrogens (tertiary/aromatic N) is 2. The Labute approximate surface area is 206 Å². The number of aromatic nitrogens is 4. The van der Waals surface area contributed by atoms with Gasteiger partial charge in [0, 0.05) is 43.0 Å². The second kappa shape index (κ2) is 12.8. The summed E-state index contributed by atoms with van der Waals surface area (Å²) in [6.07, 6.45) is 6.29. The highest BCUT2D eigenvalue weighted by Crippen LogP contribution is 2.04. The van der Waals surface area contributed by atoms with E-state index in [0.717, 1.165) is 5.56 Å². The minimum Gasteiger partial charge on any atom is -0.480 e. The maximum Gasteiger partial charge on any atom is 0.326 e. The normalized spacial score (nSPS) is 13.2. The van der Waals surface area contributed by atoms with Crippen molar-refractivity contribution in [2.45, 2.75) is 37.4 Å². The number of hydrogen-bond donors (Lipinski definition) is 7. The molecular formula is C23H28N8O5. The van der Waals surface area contributed by atoms with Gasteiger partial charge in [-0.3, -0.25) is 14.4 Å². The summed E-state index contributed by atoms with van der Waals surface area (Å²) in [7, 11) is 0. The van der Waals surface area contributed by atoms with Crippen LogP contribution in [0.5, 0.6) is 0 Å². The van der Waals surface area contributed by atoms with Gasteiger partial charge < -0.3 is 36.8 Å². The number of benzene rings is 1. The Bertz CT molecular complexity index is 1130. The zero-order chi connectivity index (χ0) is 25.9. The number of amides is 3. The third-order valence-corrected chi connectivity index (χ3v) is 5.28. The number of H-pyrrole nitrogens is 2. The third-order valence-electron chi connectivity index (χ3n) is 5.28. The smallest absolute Gasteiger partial charge is 0.326 e. The standard InChI is InChI=1S/C23H28N8O5/c24-17(7-15-9-25-12-28-15)21(33)31-18(8-16-10-26-13-29-16)22(34)27-11-20(32)30-19(23(35)36)6-14-4-2-1-3-5-14/h1-5,9-10,12-13,17-19H,6-8,11,24H2,(H,25,28)(H,26,29)(H,27,34)(H,30,32)(H,31,33)(H,35,36)/t17-,18-,19-/m0/s1. The Morgan fingerprint density at radius 1 is 0.861 bits per heavy atom. The zero-order valence-electron chi connectivity index (χ0n) is 19.3. The van der Waals surface area contributed by atoms with Crippen LogP contribution in [0.2, 0.25) is 0 Å². The summed E-state index contributed by atoms with van der Waals surface area (Å²) in [6, 6.07) is 5.68. The number of carbonyl (C=O) groups excluding carboxylic acids is 3. The van der Waals surface area contributed by atoms with E-state index < -0.39 is 48.4 Å². The molecule has 0 aliphatic rings. The number of rotatable bonds is 13. The number of aromatic amines is 2. The van der Waals surface area contributed by atoms with Crippen molar-refractivity contribution in [3.63, 3.8) is 0 Å². The first-order valence-corrected chi connectivity index (χ1v) is 11.2. The molecule has 1 aromatic carbocycles. The lowest BCUT2D eigenvalue weighted by Gasteiger charge is -2.20. The van der Waals surface area contributed by atoms with Gasteiger partial charge >= 0.3 is 5.97 Å². The fraction of sp³-hybridized carbons (Fsp3) is 0.304. The average Bonchev–Trinajstić information content (AvgIpc) is 3.56. The molecule has 0 saturated carbocycles. The van der Waals surface area contributed by atoms with Crippen molar-refractivity contribution in [3.05, 3.63) is 72.3 Å². The first-order chi connectivity index (χ1) is 17.3. The summed E-state index contributed by atoms with van der Waals surface area (Å²) in [5.74, 6) is -3.09. The van der Waals surface area contributed by atoms with Crippen LogP contribution in [0.3, 0.4) is 0 Å². The van der Waals surface area contributed by atoms with E-state index in [1.807, 2.05) is 0 Å². The summed E-state index contributed by atoms with van der Waals surface area (Å²) in [6.45, 7) is -0.479. The molecule has 3 rings (SSSR count). The highest BCUT2D eigenvalue weighted by molar-refractivity contribution is 5.92. The fourth-order valence-electron chi connectivity index (χ4n) is 3.42. The van der Waals surface area contributed by atoms with Crippen molar-refractivity contribution in [2.75, 3.05) is 6.54 Å². The molecule has 0 aliphatic heterocycles. The van der Waals surface area contributed by atoms with Gasteiger partial charge in [0.2, 0.25) is 17.7 Å². The van der Waals surface area contributed by atoms with Crippen LogP contribution in [0.4, 0.5) is 0 Å². The van der Waals surface area contributed by atoms with Crippen LogP contribution >= 0.6 is 0 Å². The molecule has 2 heterocycles. The lowest BCUT2D eigenvalue weighted by atomic mass is 10.1. The molecule has 13 heteroatoms. The largest absolute Gasteiger partial charge is 0.480 e. The molecule has 0 radical (unpaired) electrons. The quantitative estimate of drug-likeness (QED) is 0.150. The Hall–Kier alpha value is -4.52. The van der Waals surface area contributed by atoms with Crippen LogP contribution in [0.25, 0.3) is 0 Å². The van der Waals surface area contributed by atoms with Gasteiger partial charge in [-0.1, -0.05) is 30.3 Å². The van der Waals surface area contributed by atoms with Crippen molar-refractivity contribution in [1.82, 2.24) is 35.9 Å². The van der Waals surface area contributed by atoms with E-state index in [2.05, 4.69) is 35.9 Å². The molecule has 0 spiro atoms. The summed E-state index contributed by atoms with van der Waals surface area (Å²) in [4.78, 5) is 62.9. The molecular weight excluding hydrogens is 468 g/mol. The molecule has 3 amide bonds. The fourth-order valence-corrected chi connectivity index (χ4v) is 3.42. The minimum atomic E-state index is -1.20. The second-order valence-corrected chi connectivity index (χ2v) is 8.10. The molecule has 13 nitrogen and oxygen atoms in total. The van der Waals surface area contributed by atoms with E-state index in [-0.39, 0.29) is 19.3 Å². The van der Waals surface area contributed by atoms with Gasteiger partial charge in [-0.25, -0.2) is 14.8 Å². The first kappa shape index (κ1) is 26.1. The Morgan fingerprint density at radius 3 is 2.08 bits per heavy atom. The lowest BCUT2D eigenvalue weighted by molar-refractivity contribution is -0.141. The average molecular weight is 497 g/mol. The first-order valence-electron chi connectivity index (χ1n) is 11.2. The Morgan fingerprint density at radius 2 is 1.50 bits per heavy atom. The SMILES string of the molecule is N[C@@H](Cc1cnc[nH]1)C(=O)N[C@@H](Cc1cnc[nH]1)C(=O)NCC(=O)N[C@@H](Cc1ccccc1)C(=O)O. The minimum absolute atomic E-state index is 0.0712. The van der Waals surface area contributed by atoms with Crippen LogP contribution in [0.15, 0.2) is 55.4 Å². The summed E-state index contributed by atoms with van der Waals surface area (Å²) in [5, 5.41) is 16.9. The van der Waals surface area contributed by atoms with Crippen LogP contribution in [-0.2, 0) is 38.4 Å². The highest BCUT2D eigenvalue weighted by Gasteiger charge is 2.26. The Balaban J connectivity index is 1.57. The van der Waals surface area contributed by atoms with Crippen LogP contribution in [-0.4, -0.2) is 73.4 Å². The van der Waals surface area contributed by atoms with Gasteiger partial charge in [0.25, 0.3) is 0 Å². The molecule has 0 unspecified atom stereocenters. The number of nitrogens with one attached hydrogen (secondary N) is 5. The van der Waals surface area contributed by atoms with Gasteiger partial charge in [-0.2, -0.15) is 0 Å². The van der Waals surface area contributed by atoms with Crippen LogP contribution < -0.4 is 21.7 Å². The van der Waals surface area contributed by atoms with Gasteiger partial charge in [-0.05, 0) is 5.56 Å². The Kier molecular flexibility index (Phi) is 9.28. The van der Waals surface area contributed by atoms with Crippen molar-refractivity contribution in [1.29, 1.82) is 0 Å². The number of hydrogen-bond acceptors (Lipinski definition) is 7. The van der Waals surface area contributed by atoms with E-state index in [1.165, 1.54) is 18.9 Å². The predicted octanol–water partition coefficient (Wildman–Crippen LogP) is -1.34. The maximum absolute atomic E-state index is 12.8. The molecule has 0 bridgehead atoms. The number of carbonyl (C=O) groups is 4. The summed E-state index contributed by atoms with van der Waals surface area (Å²) in [5.41, 5.74) is 7.95. The van der Waals surface area contributed by atoms with Crippen molar-refractivity contribution >= 4 is 23.7 Å². The molecule has 8 N–H and O–H groups in total. The second-order valence-electron chi connectivity index (χ2n) is 8.10. The van der Waals surface area contributed by atoms with Crippen molar-refractivity contribution < 1.29 is 24.3 Å². The number of aliphatic carboxylic acids is 1. The van der Waals surface area contributed by atoms with Gasteiger partial charge in [-0.15, -0.1) is 0 Å². The molecule has 190 valence electrons. The predicted molar refractivity (Wildman–Crippen MR) is 127 cm³/mol. The van der Waals surface area contributed by atoms with E-state index in [4.69, 9.17) is 5.73 Å². The zero-order valence-corrected chi connectivity index (χ0v) is 19.3. The molecule has 36 heavy (non-hydrogen) atoms. The topological polar surface area (TPSA) is 208 Å². The maximum atomic E-state index is 12.8. The lowest BCUT2D eigenvalue weighted by Crippen LogP contribution is -2.54. The van der Waals surface area contributed by atoms with Gasteiger partial charge in [0.15, 0.2) is 0 Å². The molecule has 3 aromatic rings. The third kappa shape index (κ3) is 8.06.